The van der Waals surface area contributed by atoms with Crippen molar-refractivity contribution in [1.82, 2.24) is 4.90 Å². The van der Waals surface area contributed by atoms with E-state index in [2.05, 4.69) is 5.16 Å². The molecular weight excluding hydrogens is 228 g/mol. The Morgan fingerprint density at radius 2 is 2.11 bits per heavy atom. The van der Waals surface area contributed by atoms with Crippen molar-refractivity contribution in [3.8, 4) is 0 Å². The lowest BCUT2D eigenvalue weighted by Crippen LogP contribution is -2.29. The van der Waals surface area contributed by atoms with Gasteiger partial charge in [-0.2, -0.15) is 0 Å². The average Bonchev–Trinajstić information content (AvgIpc) is 2.80. The van der Waals surface area contributed by atoms with E-state index in [1.807, 2.05) is 42.2 Å². The number of carbonyl (C=O) groups is 1. The summed E-state index contributed by atoms with van der Waals surface area (Å²) in [5.41, 5.74) is 1.76. The Balaban J connectivity index is 2.13. The van der Waals surface area contributed by atoms with Gasteiger partial charge in [0.05, 0.1) is 11.8 Å². The van der Waals surface area contributed by atoms with Gasteiger partial charge in [0.15, 0.2) is 0 Å². The molecule has 1 aliphatic heterocycles. The van der Waals surface area contributed by atoms with E-state index in [4.69, 9.17) is 5.21 Å². The summed E-state index contributed by atoms with van der Waals surface area (Å²) in [7, 11) is 0. The fraction of sp³-hybridized carbons (Fsp3) is 0.429. The summed E-state index contributed by atoms with van der Waals surface area (Å²) in [5.74, 6) is 0.160. The topological polar surface area (TPSA) is 52.9 Å². The van der Waals surface area contributed by atoms with Gasteiger partial charge in [-0.25, -0.2) is 0 Å². The van der Waals surface area contributed by atoms with E-state index in [9.17, 15) is 4.79 Å². The van der Waals surface area contributed by atoms with Gasteiger partial charge in [-0.1, -0.05) is 35.5 Å². The molecule has 1 fully saturated rings. The van der Waals surface area contributed by atoms with Crippen LogP contribution in [0.1, 0.15) is 31.9 Å². The molecule has 96 valence electrons. The number of hydrogen-bond donors (Lipinski definition) is 1. The van der Waals surface area contributed by atoms with Crippen LogP contribution in [0.2, 0.25) is 0 Å². The second kappa shape index (κ2) is 5.21. The number of oxime groups is 1. The van der Waals surface area contributed by atoms with E-state index in [-0.39, 0.29) is 17.9 Å². The van der Waals surface area contributed by atoms with Crippen molar-refractivity contribution in [1.29, 1.82) is 0 Å². The summed E-state index contributed by atoms with van der Waals surface area (Å²) in [5, 5.41) is 12.0. The van der Waals surface area contributed by atoms with Gasteiger partial charge in [-0.15, -0.1) is 0 Å². The van der Waals surface area contributed by atoms with Gasteiger partial charge in [0, 0.05) is 18.9 Å². The first-order chi connectivity index (χ1) is 8.63. The maximum Gasteiger partial charge on any atom is 0.223 e. The van der Waals surface area contributed by atoms with E-state index < -0.39 is 0 Å². The van der Waals surface area contributed by atoms with Crippen molar-refractivity contribution >= 4 is 11.6 Å². The second-order valence-corrected chi connectivity index (χ2v) is 4.78. The monoisotopic (exact) mass is 246 g/mol. The number of likely N-dealkylation sites (tertiary alicyclic amines) is 1. The lowest BCUT2D eigenvalue weighted by atomic mass is 10.0. The third kappa shape index (κ3) is 2.37. The van der Waals surface area contributed by atoms with Crippen molar-refractivity contribution < 1.29 is 10.0 Å². The molecule has 2 atom stereocenters. The van der Waals surface area contributed by atoms with Crippen molar-refractivity contribution in [3.63, 3.8) is 0 Å². The van der Waals surface area contributed by atoms with Crippen LogP contribution >= 0.6 is 0 Å². The van der Waals surface area contributed by atoms with Crippen molar-refractivity contribution in [3.05, 3.63) is 35.9 Å². The highest BCUT2D eigenvalue weighted by atomic mass is 16.4. The molecule has 0 unspecified atom stereocenters. The first-order valence-corrected chi connectivity index (χ1v) is 6.16. The molecule has 0 saturated carbocycles. The van der Waals surface area contributed by atoms with E-state index in [0.717, 1.165) is 5.56 Å². The minimum atomic E-state index is 0.0358. The van der Waals surface area contributed by atoms with Crippen LogP contribution in [0, 0.1) is 5.92 Å². The average molecular weight is 246 g/mol. The molecule has 1 N–H and O–H groups in total. The van der Waals surface area contributed by atoms with Crippen LogP contribution in [0.3, 0.4) is 0 Å². The number of benzene rings is 1. The van der Waals surface area contributed by atoms with Gasteiger partial charge >= 0.3 is 0 Å². The number of hydrogen-bond acceptors (Lipinski definition) is 3. The van der Waals surface area contributed by atoms with Crippen molar-refractivity contribution in [2.75, 3.05) is 6.54 Å². The zero-order valence-electron chi connectivity index (χ0n) is 10.7. The highest BCUT2D eigenvalue weighted by Crippen LogP contribution is 2.28. The zero-order chi connectivity index (χ0) is 13.1. The Hall–Kier alpha value is -1.84. The highest BCUT2D eigenvalue weighted by Gasteiger charge is 2.34. The fourth-order valence-electron chi connectivity index (χ4n) is 2.38. The molecule has 0 spiro atoms. The quantitative estimate of drug-likeness (QED) is 0.506. The third-order valence-electron chi connectivity index (χ3n) is 3.66. The zero-order valence-corrected chi connectivity index (χ0v) is 10.7. The Morgan fingerprint density at radius 1 is 1.44 bits per heavy atom. The van der Waals surface area contributed by atoms with E-state index >= 15 is 0 Å². The van der Waals surface area contributed by atoms with Crippen LogP contribution in [-0.4, -0.2) is 28.3 Å². The van der Waals surface area contributed by atoms with Gasteiger partial charge in [0.2, 0.25) is 5.91 Å². The van der Waals surface area contributed by atoms with Crippen LogP contribution in [0.15, 0.2) is 35.5 Å². The first kappa shape index (κ1) is 12.6. The van der Waals surface area contributed by atoms with Crippen LogP contribution in [0.4, 0.5) is 0 Å². The maximum absolute atomic E-state index is 12.0. The molecule has 4 heteroatoms. The molecule has 0 radical (unpaired) electrons. The molecule has 1 amide bonds. The predicted octanol–water partition coefficient (Wildman–Crippen LogP) is 2.45. The van der Waals surface area contributed by atoms with Gasteiger partial charge in [0.25, 0.3) is 0 Å². The molecule has 0 aromatic heterocycles. The van der Waals surface area contributed by atoms with E-state index in [0.29, 0.717) is 18.7 Å². The number of carbonyl (C=O) groups excluding carboxylic acids is 1. The van der Waals surface area contributed by atoms with Gasteiger partial charge in [-0.3, -0.25) is 4.79 Å². The summed E-state index contributed by atoms with van der Waals surface area (Å²) in [4.78, 5) is 13.9. The second-order valence-electron chi connectivity index (χ2n) is 4.78. The smallest absolute Gasteiger partial charge is 0.223 e. The molecular formula is C14H18N2O2. The first-order valence-electron chi connectivity index (χ1n) is 6.16. The lowest BCUT2D eigenvalue weighted by molar-refractivity contribution is -0.129. The Labute approximate surface area is 107 Å². The molecule has 1 aliphatic rings. The minimum absolute atomic E-state index is 0.0358. The Kier molecular flexibility index (Phi) is 3.65. The van der Waals surface area contributed by atoms with Crippen LogP contribution < -0.4 is 0 Å². The van der Waals surface area contributed by atoms with Gasteiger partial charge in [0.1, 0.15) is 0 Å². The van der Waals surface area contributed by atoms with Crippen molar-refractivity contribution in [2.24, 2.45) is 11.1 Å². The van der Waals surface area contributed by atoms with E-state index in [1.165, 1.54) is 0 Å². The molecule has 1 heterocycles. The van der Waals surface area contributed by atoms with E-state index in [1.54, 1.807) is 6.92 Å². The highest BCUT2D eigenvalue weighted by molar-refractivity contribution is 5.92. The molecule has 1 aromatic rings. The lowest BCUT2D eigenvalue weighted by Gasteiger charge is -2.25. The van der Waals surface area contributed by atoms with Crippen LogP contribution in [-0.2, 0) is 4.79 Å². The Morgan fingerprint density at radius 3 is 2.72 bits per heavy atom. The predicted molar refractivity (Wildman–Crippen MR) is 69.6 cm³/mol. The summed E-state index contributed by atoms with van der Waals surface area (Å²) in [6, 6.07) is 10.0. The largest absolute Gasteiger partial charge is 0.411 e. The molecule has 0 bridgehead atoms. The molecule has 1 aromatic carbocycles. The molecule has 1 saturated heterocycles. The summed E-state index contributed by atoms with van der Waals surface area (Å²) < 4.78 is 0. The molecule has 2 rings (SSSR count). The number of amides is 1. The number of nitrogens with zero attached hydrogens (tertiary/aromatic N) is 2. The van der Waals surface area contributed by atoms with Crippen molar-refractivity contribution in [2.45, 2.75) is 26.3 Å². The summed E-state index contributed by atoms with van der Waals surface area (Å²) >= 11 is 0. The third-order valence-corrected chi connectivity index (χ3v) is 3.66. The number of rotatable bonds is 3. The minimum Gasteiger partial charge on any atom is -0.411 e. The summed E-state index contributed by atoms with van der Waals surface area (Å²) in [6.45, 7) is 4.42. The SMILES string of the molecule is CC(=NO)[C@@H]1CC(=O)N([C@@H](C)c2ccccc2)C1. The maximum atomic E-state index is 12.0. The molecule has 4 nitrogen and oxygen atoms in total. The normalized spacial score (nSPS) is 22.3. The fourth-order valence-corrected chi connectivity index (χ4v) is 2.38. The van der Waals surface area contributed by atoms with Crippen LogP contribution in [0.5, 0.6) is 0 Å². The summed E-state index contributed by atoms with van der Waals surface area (Å²) in [6.07, 6.45) is 0.438. The van der Waals surface area contributed by atoms with Crippen LogP contribution in [0.25, 0.3) is 0 Å². The molecule has 0 aliphatic carbocycles. The Bertz CT molecular complexity index is 456. The standard InChI is InChI=1S/C14H18N2O2/c1-10(15-18)13-8-14(17)16(9-13)11(2)12-6-4-3-5-7-12/h3-7,11,13,18H,8-9H2,1-2H3/t11-,13+/m0/s1. The molecule has 18 heavy (non-hydrogen) atoms. The van der Waals surface area contributed by atoms with Gasteiger partial charge < -0.3 is 10.1 Å². The van der Waals surface area contributed by atoms with Gasteiger partial charge in [-0.05, 0) is 19.4 Å².